The molecule has 0 radical (unpaired) electrons. The number of esters is 1. The van der Waals surface area contributed by atoms with Crippen LogP contribution in [0.15, 0.2) is 30.6 Å². The van der Waals surface area contributed by atoms with Gasteiger partial charge in [0.25, 0.3) is 16.5 Å². The third-order valence-corrected chi connectivity index (χ3v) is 3.91. The van der Waals surface area contributed by atoms with Crippen LogP contribution in [0.3, 0.4) is 0 Å². The monoisotopic (exact) mass is 388 g/mol. The van der Waals surface area contributed by atoms with Crippen LogP contribution in [0.2, 0.25) is 0 Å². The first kappa shape index (κ1) is 20.0. The van der Waals surface area contributed by atoms with Crippen molar-refractivity contribution in [2.75, 3.05) is 12.9 Å². The van der Waals surface area contributed by atoms with E-state index in [1.165, 1.54) is 29.2 Å². The summed E-state index contributed by atoms with van der Waals surface area (Å²) in [6.45, 7) is 1.61. The molecular weight excluding hydrogens is 370 g/mol. The summed E-state index contributed by atoms with van der Waals surface area (Å²) in [7, 11) is -3.74. The predicted molar refractivity (Wildman–Crippen MR) is 88.3 cm³/mol. The highest BCUT2D eigenvalue weighted by atomic mass is 32.2. The Bertz CT molecular complexity index is 881. The quantitative estimate of drug-likeness (QED) is 0.510. The van der Waals surface area contributed by atoms with Crippen molar-refractivity contribution in [3.8, 4) is 0 Å². The number of alkyl halides is 2. The Balaban J connectivity index is 2.17. The summed E-state index contributed by atoms with van der Waals surface area (Å²) in [6.07, 6.45) is 0.851. The van der Waals surface area contributed by atoms with Gasteiger partial charge < -0.3 is 4.74 Å². The van der Waals surface area contributed by atoms with Crippen molar-refractivity contribution in [3.05, 3.63) is 52.8 Å². The van der Waals surface area contributed by atoms with E-state index in [1.54, 1.807) is 13.0 Å². The minimum Gasteiger partial charge on any atom is -0.462 e. The predicted octanol–water partition coefficient (Wildman–Crippen LogP) is 2.52. The zero-order valence-corrected chi connectivity index (χ0v) is 15.0. The van der Waals surface area contributed by atoms with Gasteiger partial charge in [-0.05, 0) is 24.1 Å². The van der Waals surface area contributed by atoms with Gasteiger partial charge in [-0.1, -0.05) is 12.1 Å². The number of benzene rings is 1. The van der Waals surface area contributed by atoms with Gasteiger partial charge in [0, 0.05) is 11.8 Å². The standard InChI is InChI=1S/C16H18F2N2O5S/c1-3-24-16(21)13-7-19-20(9-13)8-11-4-5-12(10-25-26(2,22)23)14(6-11)15(17)18/h4-7,9,15H,3,8,10H2,1-2H3. The molecule has 0 atom stereocenters. The lowest BCUT2D eigenvalue weighted by atomic mass is 10.0. The van der Waals surface area contributed by atoms with Gasteiger partial charge in [-0.15, -0.1) is 0 Å². The minimum absolute atomic E-state index is 0.0850. The Hall–Kier alpha value is -2.33. The van der Waals surface area contributed by atoms with E-state index >= 15 is 0 Å². The van der Waals surface area contributed by atoms with Gasteiger partial charge in [-0.25, -0.2) is 13.6 Å². The molecule has 0 bridgehead atoms. The highest BCUT2D eigenvalue weighted by molar-refractivity contribution is 7.85. The molecule has 10 heteroatoms. The summed E-state index contributed by atoms with van der Waals surface area (Å²) in [5.74, 6) is -0.514. The molecule has 1 heterocycles. The third kappa shape index (κ3) is 5.60. The average Bonchev–Trinajstić information content (AvgIpc) is 3.01. The van der Waals surface area contributed by atoms with Gasteiger partial charge in [-0.3, -0.25) is 8.86 Å². The molecule has 0 saturated heterocycles. The molecule has 0 spiro atoms. The Morgan fingerprint density at radius 2 is 2.08 bits per heavy atom. The second-order valence-electron chi connectivity index (χ2n) is 5.45. The largest absolute Gasteiger partial charge is 0.462 e. The van der Waals surface area contributed by atoms with E-state index in [0.717, 1.165) is 6.26 Å². The Morgan fingerprint density at radius 3 is 2.69 bits per heavy atom. The summed E-state index contributed by atoms with van der Waals surface area (Å²) in [5.41, 5.74) is 0.548. The molecule has 1 aromatic carbocycles. The summed E-state index contributed by atoms with van der Waals surface area (Å²) >= 11 is 0. The van der Waals surface area contributed by atoms with Gasteiger partial charge in [-0.2, -0.15) is 13.5 Å². The SMILES string of the molecule is CCOC(=O)c1cnn(Cc2ccc(COS(C)(=O)=O)c(C(F)F)c2)c1. The highest BCUT2D eigenvalue weighted by Gasteiger charge is 2.16. The van der Waals surface area contributed by atoms with Gasteiger partial charge in [0.1, 0.15) is 0 Å². The van der Waals surface area contributed by atoms with E-state index in [4.69, 9.17) is 4.74 Å². The van der Waals surface area contributed by atoms with Crippen LogP contribution in [-0.2, 0) is 32.2 Å². The fourth-order valence-corrected chi connectivity index (χ4v) is 2.55. The number of carbonyl (C=O) groups is 1. The maximum Gasteiger partial charge on any atom is 0.341 e. The molecule has 142 valence electrons. The lowest BCUT2D eigenvalue weighted by molar-refractivity contribution is 0.0526. The van der Waals surface area contributed by atoms with E-state index in [9.17, 15) is 22.0 Å². The van der Waals surface area contributed by atoms with Crippen LogP contribution in [0.25, 0.3) is 0 Å². The van der Waals surface area contributed by atoms with E-state index in [1.807, 2.05) is 0 Å². The van der Waals surface area contributed by atoms with Crippen LogP contribution in [0.4, 0.5) is 8.78 Å². The van der Waals surface area contributed by atoms with Crippen molar-refractivity contribution in [3.63, 3.8) is 0 Å². The van der Waals surface area contributed by atoms with Crippen molar-refractivity contribution in [2.45, 2.75) is 26.5 Å². The molecule has 0 unspecified atom stereocenters. The molecule has 0 saturated carbocycles. The number of hydrogen-bond donors (Lipinski definition) is 0. The molecule has 0 aliphatic carbocycles. The fraction of sp³-hybridized carbons (Fsp3) is 0.375. The number of rotatable bonds is 8. The van der Waals surface area contributed by atoms with Crippen molar-refractivity contribution >= 4 is 16.1 Å². The zero-order valence-electron chi connectivity index (χ0n) is 14.2. The Morgan fingerprint density at radius 1 is 1.35 bits per heavy atom. The fourth-order valence-electron chi connectivity index (χ4n) is 2.20. The molecule has 7 nitrogen and oxygen atoms in total. The molecule has 0 N–H and O–H groups in total. The van der Waals surface area contributed by atoms with E-state index in [0.29, 0.717) is 5.56 Å². The molecule has 0 fully saturated rings. The Labute approximate surface area is 149 Å². The van der Waals surface area contributed by atoms with Crippen LogP contribution in [0, 0.1) is 0 Å². The van der Waals surface area contributed by atoms with Crippen LogP contribution < -0.4 is 0 Å². The van der Waals surface area contributed by atoms with Gasteiger partial charge >= 0.3 is 5.97 Å². The number of nitrogens with zero attached hydrogens (tertiary/aromatic N) is 2. The minimum atomic E-state index is -3.74. The summed E-state index contributed by atoms with van der Waals surface area (Å²) in [6, 6.07) is 4.22. The normalized spacial score (nSPS) is 11.7. The topological polar surface area (TPSA) is 87.5 Å². The van der Waals surface area contributed by atoms with Gasteiger partial charge in [0.15, 0.2) is 0 Å². The maximum absolute atomic E-state index is 13.3. The van der Waals surface area contributed by atoms with Crippen molar-refractivity contribution < 1.29 is 30.9 Å². The number of aromatic nitrogens is 2. The first-order valence-electron chi connectivity index (χ1n) is 7.63. The van der Waals surface area contributed by atoms with Crippen molar-refractivity contribution in [1.82, 2.24) is 9.78 Å². The summed E-state index contributed by atoms with van der Waals surface area (Å²) < 4.78 is 59.5. The number of halogens is 2. The van der Waals surface area contributed by atoms with Gasteiger partial charge in [0.2, 0.25) is 0 Å². The third-order valence-electron chi connectivity index (χ3n) is 3.36. The molecule has 0 aliphatic heterocycles. The van der Waals surface area contributed by atoms with E-state index < -0.39 is 29.1 Å². The highest BCUT2D eigenvalue weighted by Crippen LogP contribution is 2.25. The van der Waals surface area contributed by atoms with Crippen LogP contribution >= 0.6 is 0 Å². The van der Waals surface area contributed by atoms with Crippen LogP contribution in [0.1, 0.15) is 40.4 Å². The van der Waals surface area contributed by atoms with Crippen molar-refractivity contribution in [2.24, 2.45) is 0 Å². The first-order chi connectivity index (χ1) is 12.2. The molecule has 26 heavy (non-hydrogen) atoms. The Kier molecular flexibility index (Phi) is 6.43. The molecule has 0 amide bonds. The molecule has 1 aromatic heterocycles. The zero-order chi connectivity index (χ0) is 19.3. The van der Waals surface area contributed by atoms with Gasteiger partial charge in [0.05, 0.1) is 37.8 Å². The molecule has 0 aliphatic rings. The number of ether oxygens (including phenoxy) is 1. The molecular formula is C16H18F2N2O5S. The first-order valence-corrected chi connectivity index (χ1v) is 9.45. The lowest BCUT2D eigenvalue weighted by Gasteiger charge is -2.11. The van der Waals surface area contributed by atoms with Crippen LogP contribution in [-0.4, -0.2) is 37.0 Å². The van der Waals surface area contributed by atoms with E-state index in [2.05, 4.69) is 9.28 Å². The second-order valence-corrected chi connectivity index (χ2v) is 7.09. The number of carbonyl (C=O) groups excluding carboxylic acids is 1. The van der Waals surface area contributed by atoms with Crippen molar-refractivity contribution in [1.29, 1.82) is 0 Å². The molecule has 2 rings (SSSR count). The number of hydrogen-bond acceptors (Lipinski definition) is 6. The second kappa shape index (κ2) is 8.37. The lowest BCUT2D eigenvalue weighted by Crippen LogP contribution is -2.07. The maximum atomic E-state index is 13.3. The summed E-state index contributed by atoms with van der Waals surface area (Å²) in [4.78, 5) is 11.6. The average molecular weight is 388 g/mol. The summed E-state index contributed by atoms with van der Waals surface area (Å²) in [5, 5.41) is 4.00. The van der Waals surface area contributed by atoms with E-state index in [-0.39, 0.29) is 29.8 Å². The smallest absolute Gasteiger partial charge is 0.341 e. The molecule has 2 aromatic rings. The van der Waals surface area contributed by atoms with Crippen LogP contribution in [0.5, 0.6) is 0 Å².